The summed E-state index contributed by atoms with van der Waals surface area (Å²) in [7, 11) is -2.12. The number of furan rings is 1. The minimum Gasteiger partial charge on any atom is -0.465 e. The zero-order chi connectivity index (χ0) is 15.6. The predicted molar refractivity (Wildman–Crippen MR) is 79.2 cm³/mol. The third-order valence-corrected chi connectivity index (χ3v) is 5.02. The van der Waals surface area contributed by atoms with E-state index in [-0.39, 0.29) is 11.4 Å². The lowest BCUT2D eigenvalue weighted by Gasteiger charge is -2.17. The quantitative estimate of drug-likeness (QED) is 0.921. The smallest absolute Gasteiger partial charge is 0.243 e. The summed E-state index contributed by atoms with van der Waals surface area (Å²) >= 11 is 0. The molecule has 114 valence electrons. The Morgan fingerprint density at radius 1 is 1.29 bits per heavy atom. The van der Waals surface area contributed by atoms with E-state index in [0.29, 0.717) is 11.3 Å². The summed E-state index contributed by atoms with van der Waals surface area (Å²) in [5, 5.41) is 9.57. The van der Waals surface area contributed by atoms with Crippen molar-refractivity contribution in [2.45, 2.75) is 31.4 Å². The molecule has 0 bridgehead atoms. The molecular formula is C15H19NO4S. The molecule has 6 heteroatoms. The van der Waals surface area contributed by atoms with Gasteiger partial charge in [-0.05, 0) is 43.7 Å². The minimum atomic E-state index is -3.62. The lowest BCUT2D eigenvalue weighted by atomic mass is 10.1. The summed E-state index contributed by atoms with van der Waals surface area (Å²) in [4.78, 5) is 0.159. The van der Waals surface area contributed by atoms with E-state index in [9.17, 15) is 13.5 Å². The van der Waals surface area contributed by atoms with Gasteiger partial charge in [0.05, 0.1) is 17.5 Å². The van der Waals surface area contributed by atoms with Crippen LogP contribution in [-0.2, 0) is 16.6 Å². The van der Waals surface area contributed by atoms with Gasteiger partial charge in [0.25, 0.3) is 0 Å². The predicted octanol–water partition coefficient (Wildman–Crippen LogP) is 2.46. The fraction of sp³-hybridized carbons (Fsp3) is 0.333. The molecule has 0 amide bonds. The molecule has 21 heavy (non-hydrogen) atoms. The number of benzene rings is 1. The molecule has 2 rings (SSSR count). The zero-order valence-electron chi connectivity index (χ0n) is 12.3. The van der Waals surface area contributed by atoms with Crippen LogP contribution in [0.1, 0.15) is 30.1 Å². The van der Waals surface area contributed by atoms with Crippen molar-refractivity contribution >= 4 is 10.0 Å². The molecule has 0 saturated carbocycles. The number of aliphatic hydroxyl groups excluding tert-OH is 1. The van der Waals surface area contributed by atoms with Crippen molar-refractivity contribution < 1.29 is 17.9 Å². The summed E-state index contributed by atoms with van der Waals surface area (Å²) < 4.78 is 31.7. The van der Waals surface area contributed by atoms with Gasteiger partial charge in [-0.2, -0.15) is 4.31 Å². The van der Waals surface area contributed by atoms with E-state index in [4.69, 9.17) is 4.42 Å². The van der Waals surface area contributed by atoms with Gasteiger partial charge in [0, 0.05) is 7.05 Å². The largest absolute Gasteiger partial charge is 0.465 e. The highest BCUT2D eigenvalue weighted by Crippen LogP contribution is 2.21. The van der Waals surface area contributed by atoms with E-state index in [1.165, 1.54) is 23.5 Å². The fourth-order valence-corrected chi connectivity index (χ4v) is 3.18. The van der Waals surface area contributed by atoms with Gasteiger partial charge in [0.1, 0.15) is 11.5 Å². The Morgan fingerprint density at radius 3 is 2.57 bits per heavy atom. The molecule has 0 aliphatic heterocycles. The van der Waals surface area contributed by atoms with Crippen LogP contribution in [0.4, 0.5) is 0 Å². The zero-order valence-corrected chi connectivity index (χ0v) is 13.1. The Balaban J connectivity index is 2.26. The van der Waals surface area contributed by atoms with Gasteiger partial charge in [-0.1, -0.05) is 12.1 Å². The van der Waals surface area contributed by atoms with Crippen molar-refractivity contribution in [3.63, 3.8) is 0 Å². The van der Waals surface area contributed by atoms with Crippen molar-refractivity contribution in [2.75, 3.05) is 7.05 Å². The summed E-state index contributed by atoms with van der Waals surface area (Å²) in [6.45, 7) is 3.57. The topological polar surface area (TPSA) is 70.8 Å². The summed E-state index contributed by atoms with van der Waals surface area (Å²) in [5.74, 6) is 1.33. The lowest BCUT2D eigenvalue weighted by Crippen LogP contribution is -2.26. The van der Waals surface area contributed by atoms with Crippen molar-refractivity contribution in [2.24, 2.45) is 0 Å². The van der Waals surface area contributed by atoms with Crippen molar-refractivity contribution in [3.8, 4) is 0 Å². The van der Waals surface area contributed by atoms with Crippen molar-refractivity contribution in [1.29, 1.82) is 0 Å². The molecule has 0 aliphatic carbocycles. The van der Waals surface area contributed by atoms with E-state index >= 15 is 0 Å². The molecule has 2 aromatic rings. The first kappa shape index (κ1) is 15.8. The van der Waals surface area contributed by atoms with E-state index in [1.807, 2.05) is 6.92 Å². The Morgan fingerprint density at radius 2 is 2.00 bits per heavy atom. The molecule has 0 fully saturated rings. The third kappa shape index (κ3) is 3.53. The lowest BCUT2D eigenvalue weighted by molar-refractivity contribution is 0.199. The number of sulfonamides is 1. The first-order valence-corrected chi connectivity index (χ1v) is 8.04. The molecule has 1 heterocycles. The average molecular weight is 309 g/mol. The Labute approximate surface area is 124 Å². The first-order valence-electron chi connectivity index (χ1n) is 6.60. The Bertz CT molecular complexity index is 719. The molecule has 0 saturated heterocycles. The van der Waals surface area contributed by atoms with E-state index < -0.39 is 16.1 Å². The van der Waals surface area contributed by atoms with Gasteiger partial charge >= 0.3 is 0 Å². The Hall–Kier alpha value is -1.63. The standard InChI is InChI=1S/C15H19NO4S/c1-11-7-8-14(20-11)10-16(3)21(18,19)15-6-4-5-13(9-15)12(2)17/h4-9,12,17H,10H2,1-3H3. The van der Waals surface area contributed by atoms with Gasteiger partial charge in [-0.15, -0.1) is 0 Å². The van der Waals surface area contributed by atoms with Gasteiger partial charge in [-0.3, -0.25) is 0 Å². The molecule has 0 radical (unpaired) electrons. The van der Waals surface area contributed by atoms with Crippen molar-refractivity contribution in [3.05, 3.63) is 53.5 Å². The van der Waals surface area contributed by atoms with Crippen LogP contribution in [0.2, 0.25) is 0 Å². The number of nitrogens with zero attached hydrogens (tertiary/aromatic N) is 1. The Kier molecular flexibility index (Phi) is 4.51. The van der Waals surface area contributed by atoms with Crippen LogP contribution in [-0.4, -0.2) is 24.9 Å². The van der Waals surface area contributed by atoms with Crippen LogP contribution in [0.25, 0.3) is 0 Å². The monoisotopic (exact) mass is 309 g/mol. The molecule has 1 N–H and O–H groups in total. The summed E-state index contributed by atoms with van der Waals surface area (Å²) in [6, 6.07) is 9.88. The second-order valence-electron chi connectivity index (χ2n) is 5.02. The third-order valence-electron chi connectivity index (χ3n) is 3.22. The van der Waals surface area contributed by atoms with E-state index in [1.54, 1.807) is 31.2 Å². The van der Waals surface area contributed by atoms with Crippen LogP contribution >= 0.6 is 0 Å². The fourth-order valence-electron chi connectivity index (χ4n) is 1.99. The van der Waals surface area contributed by atoms with Crippen molar-refractivity contribution in [1.82, 2.24) is 4.31 Å². The SMILES string of the molecule is Cc1ccc(CN(C)S(=O)(=O)c2cccc(C(C)O)c2)o1. The minimum absolute atomic E-state index is 0.159. The molecule has 1 atom stereocenters. The van der Waals surface area contributed by atoms with Gasteiger partial charge in [0.15, 0.2) is 0 Å². The molecule has 1 aromatic heterocycles. The number of hydrogen-bond acceptors (Lipinski definition) is 4. The van der Waals surface area contributed by atoms with Crippen LogP contribution in [0, 0.1) is 6.92 Å². The van der Waals surface area contributed by atoms with Crippen LogP contribution < -0.4 is 0 Å². The second kappa shape index (κ2) is 6.01. The van der Waals surface area contributed by atoms with Crippen LogP contribution in [0.15, 0.2) is 45.7 Å². The highest BCUT2D eigenvalue weighted by molar-refractivity contribution is 7.89. The molecule has 1 aromatic carbocycles. The van der Waals surface area contributed by atoms with E-state index in [2.05, 4.69) is 0 Å². The molecule has 0 spiro atoms. The highest BCUT2D eigenvalue weighted by Gasteiger charge is 2.22. The maximum atomic E-state index is 12.5. The number of aliphatic hydroxyl groups is 1. The summed E-state index contributed by atoms with van der Waals surface area (Å²) in [6.07, 6.45) is -0.710. The van der Waals surface area contributed by atoms with Gasteiger partial charge in [-0.25, -0.2) is 8.42 Å². The molecule has 5 nitrogen and oxygen atoms in total. The number of rotatable bonds is 5. The maximum absolute atomic E-state index is 12.5. The second-order valence-corrected chi connectivity index (χ2v) is 7.07. The molecular weight excluding hydrogens is 290 g/mol. The molecule has 1 unspecified atom stereocenters. The van der Waals surface area contributed by atoms with Gasteiger partial charge < -0.3 is 9.52 Å². The number of aryl methyl sites for hydroxylation is 1. The average Bonchev–Trinajstić information content (AvgIpc) is 2.84. The van der Waals surface area contributed by atoms with Crippen LogP contribution in [0.3, 0.4) is 0 Å². The van der Waals surface area contributed by atoms with Gasteiger partial charge in [0.2, 0.25) is 10.0 Å². The maximum Gasteiger partial charge on any atom is 0.243 e. The first-order chi connectivity index (χ1) is 9.80. The van der Waals surface area contributed by atoms with E-state index in [0.717, 1.165) is 5.76 Å². The summed E-state index contributed by atoms with van der Waals surface area (Å²) in [5.41, 5.74) is 0.568. The molecule has 0 aliphatic rings. The highest BCUT2D eigenvalue weighted by atomic mass is 32.2. The normalized spacial score (nSPS) is 13.6. The van der Waals surface area contributed by atoms with Crippen LogP contribution in [0.5, 0.6) is 0 Å². The number of hydrogen-bond donors (Lipinski definition) is 1.